The SMILES string of the molecule is CC1CCC(NC(C)CC2CCC2)CC1. The lowest BCUT2D eigenvalue weighted by Gasteiger charge is -2.33. The third-order valence-electron chi connectivity index (χ3n) is 4.45. The first-order chi connectivity index (χ1) is 7.24. The average molecular weight is 209 g/mol. The van der Waals surface area contributed by atoms with Crippen LogP contribution in [0.4, 0.5) is 0 Å². The molecule has 1 N–H and O–H groups in total. The minimum atomic E-state index is 0.758. The summed E-state index contributed by atoms with van der Waals surface area (Å²) in [6.07, 6.45) is 11.6. The molecular weight excluding hydrogens is 182 g/mol. The first kappa shape index (κ1) is 11.4. The van der Waals surface area contributed by atoms with Crippen LogP contribution in [0.25, 0.3) is 0 Å². The predicted octanol–water partition coefficient (Wildman–Crippen LogP) is 3.73. The van der Waals surface area contributed by atoms with Crippen LogP contribution in [0.3, 0.4) is 0 Å². The highest BCUT2D eigenvalue weighted by molar-refractivity contribution is 4.80. The molecule has 0 bridgehead atoms. The third kappa shape index (κ3) is 3.48. The van der Waals surface area contributed by atoms with Crippen molar-refractivity contribution in [3.63, 3.8) is 0 Å². The molecule has 0 heterocycles. The Hall–Kier alpha value is -0.0400. The molecule has 2 aliphatic rings. The van der Waals surface area contributed by atoms with Crippen molar-refractivity contribution in [1.82, 2.24) is 5.32 Å². The minimum Gasteiger partial charge on any atom is -0.311 e. The zero-order chi connectivity index (χ0) is 10.7. The second-order valence-corrected chi connectivity index (χ2v) is 6.06. The lowest BCUT2D eigenvalue weighted by atomic mass is 9.80. The van der Waals surface area contributed by atoms with Crippen molar-refractivity contribution in [3.8, 4) is 0 Å². The van der Waals surface area contributed by atoms with Crippen molar-refractivity contribution in [3.05, 3.63) is 0 Å². The van der Waals surface area contributed by atoms with Gasteiger partial charge >= 0.3 is 0 Å². The maximum atomic E-state index is 3.84. The molecule has 1 unspecified atom stereocenters. The molecule has 0 aromatic heterocycles. The Kier molecular flexibility index (Phi) is 4.07. The van der Waals surface area contributed by atoms with Gasteiger partial charge in [-0.2, -0.15) is 0 Å². The van der Waals surface area contributed by atoms with Crippen LogP contribution in [0, 0.1) is 11.8 Å². The quantitative estimate of drug-likeness (QED) is 0.744. The van der Waals surface area contributed by atoms with Crippen LogP contribution in [0.5, 0.6) is 0 Å². The summed E-state index contributed by atoms with van der Waals surface area (Å²) in [4.78, 5) is 0. The van der Waals surface area contributed by atoms with Gasteiger partial charge in [0.2, 0.25) is 0 Å². The highest BCUT2D eigenvalue weighted by atomic mass is 14.9. The molecule has 2 fully saturated rings. The van der Waals surface area contributed by atoms with Crippen molar-refractivity contribution >= 4 is 0 Å². The zero-order valence-corrected chi connectivity index (χ0v) is 10.5. The second kappa shape index (κ2) is 5.34. The molecule has 0 radical (unpaired) electrons. The normalized spacial score (nSPS) is 34.8. The number of hydrogen-bond donors (Lipinski definition) is 1. The van der Waals surface area contributed by atoms with Crippen LogP contribution in [0.15, 0.2) is 0 Å². The molecule has 0 amide bonds. The zero-order valence-electron chi connectivity index (χ0n) is 10.5. The van der Waals surface area contributed by atoms with Gasteiger partial charge in [-0.05, 0) is 50.9 Å². The Morgan fingerprint density at radius 1 is 1.07 bits per heavy atom. The van der Waals surface area contributed by atoms with E-state index in [9.17, 15) is 0 Å². The van der Waals surface area contributed by atoms with Gasteiger partial charge in [0.1, 0.15) is 0 Å². The van der Waals surface area contributed by atoms with Gasteiger partial charge in [0.05, 0.1) is 0 Å². The van der Waals surface area contributed by atoms with E-state index in [1.54, 1.807) is 0 Å². The molecule has 2 saturated carbocycles. The molecule has 15 heavy (non-hydrogen) atoms. The van der Waals surface area contributed by atoms with E-state index in [-0.39, 0.29) is 0 Å². The van der Waals surface area contributed by atoms with Gasteiger partial charge in [-0.3, -0.25) is 0 Å². The van der Waals surface area contributed by atoms with Gasteiger partial charge in [0.25, 0.3) is 0 Å². The standard InChI is InChI=1S/C14H27N/c1-11-6-8-14(9-7-11)15-12(2)10-13-4-3-5-13/h11-15H,3-10H2,1-2H3. The third-order valence-corrected chi connectivity index (χ3v) is 4.45. The fraction of sp³-hybridized carbons (Fsp3) is 1.00. The fourth-order valence-corrected chi connectivity index (χ4v) is 3.13. The topological polar surface area (TPSA) is 12.0 Å². The Morgan fingerprint density at radius 2 is 1.73 bits per heavy atom. The van der Waals surface area contributed by atoms with Gasteiger partial charge < -0.3 is 5.32 Å². The van der Waals surface area contributed by atoms with E-state index in [1.807, 2.05) is 0 Å². The molecule has 1 nitrogen and oxygen atoms in total. The van der Waals surface area contributed by atoms with E-state index in [2.05, 4.69) is 19.2 Å². The summed E-state index contributed by atoms with van der Waals surface area (Å²) in [5.74, 6) is 2.03. The van der Waals surface area contributed by atoms with Crippen LogP contribution < -0.4 is 5.32 Å². The predicted molar refractivity (Wildman–Crippen MR) is 66.0 cm³/mol. The number of nitrogens with one attached hydrogen (secondary N) is 1. The van der Waals surface area contributed by atoms with Gasteiger partial charge in [0.15, 0.2) is 0 Å². The van der Waals surface area contributed by atoms with E-state index in [4.69, 9.17) is 0 Å². The Balaban J connectivity index is 1.62. The maximum absolute atomic E-state index is 3.84. The largest absolute Gasteiger partial charge is 0.311 e. The molecule has 0 aromatic carbocycles. The van der Waals surface area contributed by atoms with Gasteiger partial charge in [0, 0.05) is 12.1 Å². The van der Waals surface area contributed by atoms with Crippen LogP contribution in [0.2, 0.25) is 0 Å². The average Bonchev–Trinajstić information content (AvgIpc) is 2.16. The van der Waals surface area contributed by atoms with Crippen molar-refractivity contribution in [2.75, 3.05) is 0 Å². The van der Waals surface area contributed by atoms with Crippen molar-refractivity contribution < 1.29 is 0 Å². The highest BCUT2D eigenvalue weighted by Crippen LogP contribution is 2.31. The van der Waals surface area contributed by atoms with Gasteiger partial charge in [-0.25, -0.2) is 0 Å². The molecule has 2 aliphatic carbocycles. The first-order valence-electron chi connectivity index (χ1n) is 7.00. The minimum absolute atomic E-state index is 0.758. The molecule has 1 atom stereocenters. The summed E-state index contributed by atoms with van der Waals surface area (Å²) in [6.45, 7) is 4.78. The van der Waals surface area contributed by atoms with E-state index >= 15 is 0 Å². The molecule has 0 spiro atoms. The first-order valence-corrected chi connectivity index (χ1v) is 7.00. The van der Waals surface area contributed by atoms with Crippen molar-refractivity contribution in [2.45, 2.75) is 77.3 Å². The van der Waals surface area contributed by atoms with Crippen LogP contribution in [-0.2, 0) is 0 Å². The van der Waals surface area contributed by atoms with E-state index in [1.165, 1.54) is 51.4 Å². The fourth-order valence-electron chi connectivity index (χ4n) is 3.13. The summed E-state index contributed by atoms with van der Waals surface area (Å²) in [5, 5.41) is 3.84. The molecule has 0 saturated heterocycles. The van der Waals surface area contributed by atoms with Crippen LogP contribution in [0.1, 0.15) is 65.2 Å². The number of rotatable bonds is 4. The number of hydrogen-bond acceptors (Lipinski definition) is 1. The van der Waals surface area contributed by atoms with Gasteiger partial charge in [-0.15, -0.1) is 0 Å². The van der Waals surface area contributed by atoms with E-state index < -0.39 is 0 Å². The van der Waals surface area contributed by atoms with E-state index in [0.29, 0.717) is 0 Å². The summed E-state index contributed by atoms with van der Waals surface area (Å²) in [7, 11) is 0. The summed E-state index contributed by atoms with van der Waals surface area (Å²) in [5.41, 5.74) is 0. The van der Waals surface area contributed by atoms with Gasteiger partial charge in [-0.1, -0.05) is 26.2 Å². The summed E-state index contributed by atoms with van der Waals surface area (Å²) < 4.78 is 0. The molecule has 2 rings (SSSR count). The van der Waals surface area contributed by atoms with Crippen LogP contribution >= 0.6 is 0 Å². The smallest absolute Gasteiger partial charge is 0.00697 e. The van der Waals surface area contributed by atoms with Crippen molar-refractivity contribution in [2.24, 2.45) is 11.8 Å². The lowest BCUT2D eigenvalue weighted by Crippen LogP contribution is -2.40. The molecular formula is C14H27N. The molecule has 0 aromatic rings. The molecule has 1 heteroatoms. The highest BCUT2D eigenvalue weighted by Gasteiger charge is 2.23. The summed E-state index contributed by atoms with van der Waals surface area (Å²) in [6, 6.07) is 1.59. The van der Waals surface area contributed by atoms with E-state index in [0.717, 1.165) is 23.9 Å². The Morgan fingerprint density at radius 3 is 2.27 bits per heavy atom. The maximum Gasteiger partial charge on any atom is 0.00697 e. The van der Waals surface area contributed by atoms with Crippen molar-refractivity contribution in [1.29, 1.82) is 0 Å². The Bertz CT molecular complexity index is 178. The molecule has 0 aliphatic heterocycles. The molecule has 88 valence electrons. The second-order valence-electron chi connectivity index (χ2n) is 6.06. The lowest BCUT2D eigenvalue weighted by molar-refractivity contribution is 0.235. The summed E-state index contributed by atoms with van der Waals surface area (Å²) >= 11 is 0. The van der Waals surface area contributed by atoms with Crippen LogP contribution in [-0.4, -0.2) is 12.1 Å². The monoisotopic (exact) mass is 209 g/mol. The Labute approximate surface area is 95.0 Å².